The van der Waals surface area contributed by atoms with E-state index in [9.17, 15) is 0 Å². The number of hydrogen-bond donors (Lipinski definition) is 1. The largest absolute Gasteiger partial charge is 0.317 e. The third-order valence-corrected chi connectivity index (χ3v) is 1.81. The van der Waals surface area contributed by atoms with E-state index < -0.39 is 0 Å². The molecule has 0 unspecified atom stereocenters. The lowest BCUT2D eigenvalue weighted by molar-refractivity contribution is 0.529. The molecule has 1 aliphatic rings. The SMILES string of the molecule is CC[C]1CCNCC1. The van der Waals surface area contributed by atoms with Gasteiger partial charge in [0, 0.05) is 0 Å². The molecular weight excluding hydrogens is 98.1 g/mol. The van der Waals surface area contributed by atoms with E-state index in [4.69, 9.17) is 0 Å². The molecule has 1 heteroatoms. The van der Waals surface area contributed by atoms with Crippen LogP contribution in [0.25, 0.3) is 0 Å². The van der Waals surface area contributed by atoms with Gasteiger partial charge in [0.2, 0.25) is 0 Å². The summed E-state index contributed by atoms with van der Waals surface area (Å²) in [5.74, 6) is 1.74. The van der Waals surface area contributed by atoms with Crippen molar-refractivity contribution in [2.24, 2.45) is 0 Å². The molecule has 0 aromatic heterocycles. The van der Waals surface area contributed by atoms with Crippen LogP contribution in [-0.2, 0) is 0 Å². The fourth-order valence-electron chi connectivity index (χ4n) is 1.13. The average molecular weight is 112 g/mol. The van der Waals surface area contributed by atoms with Crippen LogP contribution in [0.2, 0.25) is 0 Å². The van der Waals surface area contributed by atoms with Gasteiger partial charge in [0.1, 0.15) is 0 Å². The molecule has 0 saturated carbocycles. The minimum Gasteiger partial charge on any atom is -0.317 e. The Labute approximate surface area is 51.5 Å². The Morgan fingerprint density at radius 2 is 2.00 bits per heavy atom. The third-order valence-electron chi connectivity index (χ3n) is 1.81. The molecule has 1 rings (SSSR count). The van der Waals surface area contributed by atoms with Crippen molar-refractivity contribution in [3.8, 4) is 0 Å². The summed E-state index contributed by atoms with van der Waals surface area (Å²) in [6.45, 7) is 4.67. The lowest BCUT2D eigenvalue weighted by Gasteiger charge is -2.19. The average Bonchev–Trinajstić information content (AvgIpc) is 1.90. The van der Waals surface area contributed by atoms with Gasteiger partial charge in [-0.05, 0) is 38.3 Å². The molecule has 0 spiro atoms. The highest BCUT2D eigenvalue weighted by Crippen LogP contribution is 2.16. The lowest BCUT2D eigenvalue weighted by Crippen LogP contribution is -2.26. The van der Waals surface area contributed by atoms with Crippen LogP contribution >= 0.6 is 0 Å². The molecule has 1 aliphatic heterocycles. The van der Waals surface area contributed by atoms with E-state index in [2.05, 4.69) is 12.2 Å². The second kappa shape index (κ2) is 3.08. The summed E-state index contributed by atoms with van der Waals surface area (Å²) in [5, 5.41) is 3.33. The molecule has 8 heavy (non-hydrogen) atoms. The summed E-state index contributed by atoms with van der Waals surface area (Å²) in [6, 6.07) is 0. The molecule has 1 saturated heterocycles. The van der Waals surface area contributed by atoms with Crippen molar-refractivity contribution in [2.45, 2.75) is 26.2 Å². The van der Waals surface area contributed by atoms with Crippen molar-refractivity contribution in [3.05, 3.63) is 5.92 Å². The standard InChI is InChI=1S/C7H14N/c1-2-7-3-5-8-6-4-7/h8H,2-6H2,1H3. The highest BCUT2D eigenvalue weighted by molar-refractivity contribution is 4.92. The van der Waals surface area contributed by atoms with Gasteiger partial charge < -0.3 is 5.32 Å². The zero-order chi connectivity index (χ0) is 5.82. The number of nitrogens with one attached hydrogen (secondary N) is 1. The summed E-state index contributed by atoms with van der Waals surface area (Å²) in [7, 11) is 0. The van der Waals surface area contributed by atoms with Gasteiger partial charge in [-0.2, -0.15) is 0 Å². The predicted octanol–water partition coefficient (Wildman–Crippen LogP) is 1.35. The maximum atomic E-state index is 3.33. The van der Waals surface area contributed by atoms with E-state index in [0.717, 1.165) is 0 Å². The Bertz CT molecular complexity index is 55.4. The van der Waals surface area contributed by atoms with Crippen LogP contribution in [0.5, 0.6) is 0 Å². The van der Waals surface area contributed by atoms with Crippen molar-refractivity contribution in [3.63, 3.8) is 0 Å². The van der Waals surface area contributed by atoms with Crippen molar-refractivity contribution in [1.29, 1.82) is 0 Å². The van der Waals surface area contributed by atoms with Crippen LogP contribution in [0.4, 0.5) is 0 Å². The van der Waals surface area contributed by atoms with Crippen LogP contribution < -0.4 is 5.32 Å². The van der Waals surface area contributed by atoms with E-state index in [1.807, 2.05) is 0 Å². The molecule has 0 amide bonds. The molecule has 1 fully saturated rings. The first-order valence-corrected chi connectivity index (χ1v) is 3.47. The van der Waals surface area contributed by atoms with Crippen LogP contribution in [0.15, 0.2) is 0 Å². The summed E-state index contributed by atoms with van der Waals surface area (Å²) in [4.78, 5) is 0. The van der Waals surface area contributed by atoms with E-state index in [-0.39, 0.29) is 0 Å². The predicted molar refractivity (Wildman–Crippen MR) is 35.6 cm³/mol. The molecule has 1 N–H and O–H groups in total. The Balaban J connectivity index is 2.13. The van der Waals surface area contributed by atoms with Gasteiger partial charge in [-0.15, -0.1) is 0 Å². The maximum Gasteiger partial charge on any atom is -0.00434 e. The molecular formula is C7H14N. The van der Waals surface area contributed by atoms with Gasteiger partial charge >= 0.3 is 0 Å². The minimum atomic E-state index is 1.21. The van der Waals surface area contributed by atoms with Gasteiger partial charge in [-0.3, -0.25) is 0 Å². The topological polar surface area (TPSA) is 12.0 Å². The van der Waals surface area contributed by atoms with E-state index in [1.54, 1.807) is 5.92 Å². The monoisotopic (exact) mass is 112 g/mol. The smallest absolute Gasteiger partial charge is 0.00434 e. The molecule has 0 bridgehead atoms. The van der Waals surface area contributed by atoms with Gasteiger partial charge in [0.25, 0.3) is 0 Å². The lowest BCUT2D eigenvalue weighted by atomic mass is 9.96. The second-order valence-electron chi connectivity index (χ2n) is 2.35. The van der Waals surface area contributed by atoms with Crippen LogP contribution in [0, 0.1) is 5.92 Å². The van der Waals surface area contributed by atoms with Gasteiger partial charge in [0.05, 0.1) is 0 Å². The Kier molecular flexibility index (Phi) is 2.34. The summed E-state index contributed by atoms with van der Waals surface area (Å²) in [6.07, 6.45) is 3.93. The van der Waals surface area contributed by atoms with Gasteiger partial charge in [-0.1, -0.05) is 6.92 Å². The molecule has 1 heterocycles. The summed E-state index contributed by atoms with van der Waals surface area (Å²) >= 11 is 0. The van der Waals surface area contributed by atoms with Crippen molar-refractivity contribution < 1.29 is 0 Å². The minimum absolute atomic E-state index is 1.21. The van der Waals surface area contributed by atoms with E-state index in [1.165, 1.54) is 32.4 Å². The van der Waals surface area contributed by atoms with E-state index in [0.29, 0.717) is 0 Å². The Morgan fingerprint density at radius 1 is 1.38 bits per heavy atom. The van der Waals surface area contributed by atoms with E-state index >= 15 is 0 Å². The third kappa shape index (κ3) is 1.48. The number of piperidine rings is 1. The summed E-state index contributed by atoms with van der Waals surface area (Å²) < 4.78 is 0. The normalized spacial score (nSPS) is 23.6. The number of rotatable bonds is 1. The number of hydrogen-bond acceptors (Lipinski definition) is 1. The molecule has 0 aromatic rings. The zero-order valence-electron chi connectivity index (χ0n) is 5.54. The van der Waals surface area contributed by atoms with Crippen molar-refractivity contribution in [2.75, 3.05) is 13.1 Å². The van der Waals surface area contributed by atoms with Crippen LogP contribution in [0.1, 0.15) is 26.2 Å². The Morgan fingerprint density at radius 3 is 2.38 bits per heavy atom. The van der Waals surface area contributed by atoms with Gasteiger partial charge in [-0.25, -0.2) is 0 Å². The highest BCUT2D eigenvalue weighted by Gasteiger charge is 2.09. The highest BCUT2D eigenvalue weighted by atomic mass is 14.9. The first-order chi connectivity index (χ1) is 3.93. The van der Waals surface area contributed by atoms with Crippen LogP contribution in [-0.4, -0.2) is 13.1 Å². The van der Waals surface area contributed by atoms with Crippen molar-refractivity contribution >= 4 is 0 Å². The van der Waals surface area contributed by atoms with Gasteiger partial charge in [0.15, 0.2) is 0 Å². The molecule has 0 atom stereocenters. The first kappa shape index (κ1) is 6.09. The maximum absolute atomic E-state index is 3.33. The molecule has 47 valence electrons. The van der Waals surface area contributed by atoms with Crippen molar-refractivity contribution in [1.82, 2.24) is 5.32 Å². The van der Waals surface area contributed by atoms with Crippen LogP contribution in [0.3, 0.4) is 0 Å². The molecule has 0 aliphatic carbocycles. The molecule has 1 radical (unpaired) electrons. The second-order valence-corrected chi connectivity index (χ2v) is 2.35. The molecule has 1 nitrogen and oxygen atoms in total. The molecule has 0 aromatic carbocycles. The quantitative estimate of drug-likeness (QED) is 0.540. The Hall–Kier alpha value is -0.0400. The zero-order valence-corrected chi connectivity index (χ0v) is 5.54. The first-order valence-electron chi connectivity index (χ1n) is 3.47. The summed E-state index contributed by atoms with van der Waals surface area (Å²) in [5.41, 5.74) is 0. The fraction of sp³-hybridized carbons (Fsp3) is 0.857. The fourth-order valence-corrected chi connectivity index (χ4v) is 1.13.